The molecular weight excluding hydrogens is 218 g/mol. The van der Waals surface area contributed by atoms with Gasteiger partial charge in [0.1, 0.15) is 12.4 Å². The summed E-state index contributed by atoms with van der Waals surface area (Å²) >= 11 is 0. The molecule has 0 saturated heterocycles. The van der Waals surface area contributed by atoms with Gasteiger partial charge in [0.15, 0.2) is 0 Å². The van der Waals surface area contributed by atoms with E-state index in [2.05, 4.69) is 4.98 Å². The number of rotatable bonds is 5. The van der Waals surface area contributed by atoms with Gasteiger partial charge in [-0.3, -0.25) is 4.79 Å². The Morgan fingerprint density at radius 3 is 2.94 bits per heavy atom. The molecule has 0 saturated carbocycles. The number of aromatic nitrogens is 1. The average molecular weight is 233 g/mol. The third-order valence-electron chi connectivity index (χ3n) is 2.46. The molecule has 1 aromatic heterocycles. The van der Waals surface area contributed by atoms with Crippen molar-refractivity contribution in [3.63, 3.8) is 0 Å². The lowest BCUT2D eigenvalue weighted by Gasteiger charge is -2.23. The fourth-order valence-electron chi connectivity index (χ4n) is 1.53. The van der Waals surface area contributed by atoms with E-state index < -0.39 is 11.9 Å². The van der Waals surface area contributed by atoms with Gasteiger partial charge < -0.3 is 10.0 Å². The van der Waals surface area contributed by atoms with Crippen LogP contribution in [0, 0.1) is 24.2 Å². The van der Waals surface area contributed by atoms with Crippen LogP contribution in [0.15, 0.2) is 18.3 Å². The molecule has 0 amide bonds. The first-order chi connectivity index (χ1) is 8.06. The van der Waals surface area contributed by atoms with Gasteiger partial charge in [-0.25, -0.2) is 4.98 Å². The van der Waals surface area contributed by atoms with Crippen molar-refractivity contribution in [3.05, 3.63) is 23.9 Å². The number of hydrogen-bond acceptors (Lipinski definition) is 4. The maximum Gasteiger partial charge on any atom is 0.308 e. The SMILES string of the molecule is Cc1cccnc1N(CC#N)CC(C)C(=O)O. The van der Waals surface area contributed by atoms with E-state index in [4.69, 9.17) is 10.4 Å². The molecule has 5 nitrogen and oxygen atoms in total. The van der Waals surface area contributed by atoms with E-state index in [0.29, 0.717) is 5.82 Å². The molecule has 0 radical (unpaired) electrons. The lowest BCUT2D eigenvalue weighted by molar-refractivity contribution is -0.140. The molecule has 17 heavy (non-hydrogen) atoms. The first-order valence-electron chi connectivity index (χ1n) is 5.32. The van der Waals surface area contributed by atoms with Crippen LogP contribution >= 0.6 is 0 Å². The van der Waals surface area contributed by atoms with Crippen molar-refractivity contribution in [2.24, 2.45) is 5.92 Å². The summed E-state index contributed by atoms with van der Waals surface area (Å²) in [5.74, 6) is -0.742. The Labute approximate surface area is 100 Å². The van der Waals surface area contributed by atoms with Gasteiger partial charge in [-0.15, -0.1) is 0 Å². The van der Waals surface area contributed by atoms with Crippen molar-refractivity contribution >= 4 is 11.8 Å². The standard InChI is InChI=1S/C12H15N3O2/c1-9-4-3-6-14-11(9)15(7-5-13)8-10(2)12(16)17/h3-4,6,10H,7-8H2,1-2H3,(H,16,17). The first-order valence-corrected chi connectivity index (χ1v) is 5.32. The van der Waals surface area contributed by atoms with Gasteiger partial charge in [-0.1, -0.05) is 13.0 Å². The molecule has 5 heteroatoms. The summed E-state index contributed by atoms with van der Waals surface area (Å²) in [4.78, 5) is 16.7. The second kappa shape index (κ2) is 5.85. The molecule has 1 heterocycles. The van der Waals surface area contributed by atoms with Crippen molar-refractivity contribution in [2.75, 3.05) is 18.0 Å². The van der Waals surface area contributed by atoms with E-state index in [1.54, 1.807) is 18.0 Å². The van der Waals surface area contributed by atoms with E-state index in [1.807, 2.05) is 25.1 Å². The number of carbonyl (C=O) groups is 1. The highest BCUT2D eigenvalue weighted by molar-refractivity contribution is 5.70. The molecule has 0 spiro atoms. The maximum absolute atomic E-state index is 10.8. The molecule has 0 bridgehead atoms. The molecule has 1 N–H and O–H groups in total. The van der Waals surface area contributed by atoms with Crippen molar-refractivity contribution in [1.29, 1.82) is 5.26 Å². The van der Waals surface area contributed by atoms with Gasteiger partial charge in [0.05, 0.1) is 12.0 Å². The third-order valence-corrected chi connectivity index (χ3v) is 2.46. The fraction of sp³-hybridized carbons (Fsp3) is 0.417. The monoisotopic (exact) mass is 233 g/mol. The molecule has 1 rings (SSSR count). The molecule has 0 aromatic carbocycles. The van der Waals surface area contributed by atoms with Crippen molar-refractivity contribution < 1.29 is 9.90 Å². The normalized spacial score (nSPS) is 11.6. The zero-order valence-electron chi connectivity index (χ0n) is 9.92. The highest BCUT2D eigenvalue weighted by Gasteiger charge is 2.18. The predicted octanol–water partition coefficient (Wildman–Crippen LogP) is 1.44. The molecule has 0 aliphatic rings. The van der Waals surface area contributed by atoms with Gasteiger partial charge in [-0.2, -0.15) is 5.26 Å². The van der Waals surface area contributed by atoms with E-state index >= 15 is 0 Å². The van der Waals surface area contributed by atoms with Gasteiger partial charge in [0.25, 0.3) is 0 Å². The minimum absolute atomic E-state index is 0.134. The minimum Gasteiger partial charge on any atom is -0.481 e. The van der Waals surface area contributed by atoms with Crippen LogP contribution < -0.4 is 4.90 Å². The Morgan fingerprint density at radius 2 is 2.41 bits per heavy atom. The van der Waals surface area contributed by atoms with Crippen LogP contribution in [-0.4, -0.2) is 29.1 Å². The number of carboxylic acid groups (broad SMARTS) is 1. The minimum atomic E-state index is -0.874. The van der Waals surface area contributed by atoms with Crippen LogP contribution in [0.3, 0.4) is 0 Å². The zero-order chi connectivity index (χ0) is 12.8. The largest absolute Gasteiger partial charge is 0.481 e. The number of aliphatic carboxylic acids is 1. The van der Waals surface area contributed by atoms with Crippen molar-refractivity contribution in [3.8, 4) is 6.07 Å². The second-order valence-corrected chi connectivity index (χ2v) is 3.92. The summed E-state index contributed by atoms with van der Waals surface area (Å²) in [5.41, 5.74) is 0.931. The van der Waals surface area contributed by atoms with Crippen LogP contribution in [0.25, 0.3) is 0 Å². The van der Waals surface area contributed by atoms with Gasteiger partial charge in [-0.05, 0) is 18.6 Å². The van der Waals surface area contributed by atoms with Crippen molar-refractivity contribution in [1.82, 2.24) is 4.98 Å². The Balaban J connectivity index is 2.91. The molecule has 0 fully saturated rings. The summed E-state index contributed by atoms with van der Waals surface area (Å²) in [6.45, 7) is 3.92. The smallest absolute Gasteiger partial charge is 0.308 e. The summed E-state index contributed by atoms with van der Waals surface area (Å²) < 4.78 is 0. The third kappa shape index (κ3) is 3.45. The highest BCUT2D eigenvalue weighted by atomic mass is 16.4. The van der Waals surface area contributed by atoms with Crippen LogP contribution in [0.5, 0.6) is 0 Å². The zero-order valence-corrected chi connectivity index (χ0v) is 9.92. The van der Waals surface area contributed by atoms with Crippen molar-refractivity contribution in [2.45, 2.75) is 13.8 Å². The number of pyridine rings is 1. The lowest BCUT2D eigenvalue weighted by Crippen LogP contribution is -2.33. The average Bonchev–Trinajstić information content (AvgIpc) is 2.29. The number of nitrogens with zero attached hydrogens (tertiary/aromatic N) is 3. The number of anilines is 1. The van der Waals surface area contributed by atoms with Gasteiger partial charge in [0, 0.05) is 12.7 Å². The first kappa shape index (κ1) is 13.0. The Morgan fingerprint density at radius 1 is 1.71 bits per heavy atom. The molecule has 1 atom stereocenters. The lowest BCUT2D eigenvalue weighted by atomic mass is 10.1. The topological polar surface area (TPSA) is 77.2 Å². The van der Waals surface area contributed by atoms with Crippen LogP contribution in [0.1, 0.15) is 12.5 Å². The van der Waals surface area contributed by atoms with Crippen LogP contribution in [-0.2, 0) is 4.79 Å². The fourth-order valence-corrected chi connectivity index (χ4v) is 1.53. The molecule has 1 unspecified atom stereocenters. The quantitative estimate of drug-likeness (QED) is 0.779. The molecule has 1 aromatic rings. The molecular formula is C12H15N3O2. The summed E-state index contributed by atoms with van der Waals surface area (Å²) in [6.07, 6.45) is 1.64. The number of nitriles is 1. The summed E-state index contributed by atoms with van der Waals surface area (Å²) in [6, 6.07) is 5.73. The van der Waals surface area contributed by atoms with E-state index in [-0.39, 0.29) is 13.1 Å². The van der Waals surface area contributed by atoms with E-state index in [1.165, 1.54) is 0 Å². The summed E-state index contributed by atoms with van der Waals surface area (Å²) in [5, 5.41) is 17.7. The van der Waals surface area contributed by atoms with Crippen LogP contribution in [0.4, 0.5) is 5.82 Å². The Bertz CT molecular complexity index is 440. The molecule has 90 valence electrons. The van der Waals surface area contributed by atoms with Crippen LogP contribution in [0.2, 0.25) is 0 Å². The number of hydrogen-bond donors (Lipinski definition) is 1. The number of aryl methyl sites for hydroxylation is 1. The second-order valence-electron chi connectivity index (χ2n) is 3.92. The number of carboxylic acids is 1. The predicted molar refractivity (Wildman–Crippen MR) is 63.6 cm³/mol. The Hall–Kier alpha value is -2.09. The van der Waals surface area contributed by atoms with E-state index in [9.17, 15) is 4.79 Å². The molecule has 0 aliphatic heterocycles. The van der Waals surface area contributed by atoms with Gasteiger partial charge in [0.2, 0.25) is 0 Å². The molecule has 0 aliphatic carbocycles. The summed E-state index contributed by atoms with van der Waals surface area (Å²) in [7, 11) is 0. The highest BCUT2D eigenvalue weighted by Crippen LogP contribution is 2.17. The maximum atomic E-state index is 10.8. The van der Waals surface area contributed by atoms with Gasteiger partial charge >= 0.3 is 5.97 Å². The Kier molecular flexibility index (Phi) is 4.46. The van der Waals surface area contributed by atoms with E-state index in [0.717, 1.165) is 5.56 Å².